The molecule has 0 heterocycles. The summed E-state index contributed by atoms with van der Waals surface area (Å²) in [5.74, 6) is -0.406. The van der Waals surface area contributed by atoms with Crippen molar-refractivity contribution in [1.29, 1.82) is 0 Å². The Morgan fingerprint density at radius 2 is 1.74 bits per heavy atom. The molecule has 7 heteroatoms. The Hall–Kier alpha value is -2.24. The number of benzene rings is 2. The van der Waals surface area contributed by atoms with E-state index in [9.17, 15) is 9.59 Å². The largest absolute Gasteiger partial charge is 0.376 e. The van der Waals surface area contributed by atoms with Crippen LogP contribution in [-0.2, 0) is 9.59 Å². The highest BCUT2D eigenvalue weighted by atomic mass is 35.5. The van der Waals surface area contributed by atoms with Crippen molar-refractivity contribution in [3.63, 3.8) is 0 Å². The minimum Gasteiger partial charge on any atom is -0.376 e. The van der Waals surface area contributed by atoms with Gasteiger partial charge in [-0.25, -0.2) is 0 Å². The molecule has 120 valence electrons. The molecule has 0 fully saturated rings. The van der Waals surface area contributed by atoms with Crippen molar-refractivity contribution in [3.05, 3.63) is 52.5 Å². The van der Waals surface area contributed by atoms with Gasteiger partial charge < -0.3 is 16.0 Å². The number of carbonyl (C=O) groups is 2. The summed E-state index contributed by atoms with van der Waals surface area (Å²) in [7, 11) is 0. The SMILES string of the molecule is CC(=O)Nc1cccc(NCC(=O)Nc2ccc(Cl)cc2Cl)c1. The molecule has 0 bridgehead atoms. The zero-order valence-electron chi connectivity index (χ0n) is 12.3. The first-order valence-corrected chi connectivity index (χ1v) is 7.56. The molecule has 2 aromatic carbocycles. The van der Waals surface area contributed by atoms with E-state index in [-0.39, 0.29) is 18.4 Å². The molecule has 0 aromatic heterocycles. The number of anilines is 3. The van der Waals surface area contributed by atoms with Crippen LogP contribution in [0.5, 0.6) is 0 Å². The molecule has 2 rings (SSSR count). The van der Waals surface area contributed by atoms with Gasteiger partial charge >= 0.3 is 0 Å². The van der Waals surface area contributed by atoms with E-state index in [0.29, 0.717) is 27.1 Å². The van der Waals surface area contributed by atoms with Crippen LogP contribution in [0.2, 0.25) is 10.0 Å². The van der Waals surface area contributed by atoms with Crippen LogP contribution in [0.25, 0.3) is 0 Å². The summed E-state index contributed by atoms with van der Waals surface area (Å²) in [5.41, 5.74) is 1.87. The van der Waals surface area contributed by atoms with E-state index in [1.165, 1.54) is 6.92 Å². The summed E-state index contributed by atoms with van der Waals surface area (Å²) in [6.45, 7) is 1.49. The van der Waals surface area contributed by atoms with E-state index in [0.717, 1.165) is 0 Å². The maximum Gasteiger partial charge on any atom is 0.243 e. The lowest BCUT2D eigenvalue weighted by molar-refractivity contribution is -0.115. The van der Waals surface area contributed by atoms with Gasteiger partial charge in [-0.05, 0) is 36.4 Å². The minimum absolute atomic E-state index is 0.0580. The molecular formula is C16H15Cl2N3O2. The Balaban J connectivity index is 1.92. The van der Waals surface area contributed by atoms with Crippen molar-refractivity contribution in [1.82, 2.24) is 0 Å². The average Bonchev–Trinajstić information content (AvgIpc) is 2.48. The number of nitrogens with one attached hydrogen (secondary N) is 3. The van der Waals surface area contributed by atoms with Gasteiger partial charge in [0.1, 0.15) is 0 Å². The van der Waals surface area contributed by atoms with Crippen molar-refractivity contribution in [2.75, 3.05) is 22.5 Å². The highest BCUT2D eigenvalue weighted by molar-refractivity contribution is 6.36. The lowest BCUT2D eigenvalue weighted by Gasteiger charge is -2.10. The number of carbonyl (C=O) groups excluding carboxylic acids is 2. The molecule has 2 aromatic rings. The van der Waals surface area contributed by atoms with Crippen LogP contribution in [0.15, 0.2) is 42.5 Å². The Labute approximate surface area is 144 Å². The first-order valence-electron chi connectivity index (χ1n) is 6.80. The molecule has 0 aliphatic rings. The quantitative estimate of drug-likeness (QED) is 0.762. The Bertz CT molecular complexity index is 735. The Morgan fingerprint density at radius 3 is 2.43 bits per heavy atom. The van der Waals surface area contributed by atoms with Gasteiger partial charge in [0.25, 0.3) is 0 Å². The van der Waals surface area contributed by atoms with E-state index >= 15 is 0 Å². The molecule has 0 saturated heterocycles. The summed E-state index contributed by atoms with van der Waals surface area (Å²) >= 11 is 11.8. The third kappa shape index (κ3) is 5.47. The van der Waals surface area contributed by atoms with Crippen LogP contribution < -0.4 is 16.0 Å². The van der Waals surface area contributed by atoms with E-state index < -0.39 is 0 Å². The predicted octanol–water partition coefficient (Wildman–Crippen LogP) is 4.00. The van der Waals surface area contributed by atoms with E-state index in [2.05, 4.69) is 16.0 Å². The standard InChI is InChI=1S/C16H15Cl2N3O2/c1-10(22)20-13-4-2-3-12(8-13)19-9-16(23)21-15-6-5-11(17)7-14(15)18/h2-8,19H,9H2,1H3,(H,20,22)(H,21,23). The van der Waals surface area contributed by atoms with Crippen LogP contribution in [0.1, 0.15) is 6.92 Å². The van der Waals surface area contributed by atoms with Crippen molar-refractivity contribution in [2.45, 2.75) is 6.92 Å². The highest BCUT2D eigenvalue weighted by Crippen LogP contribution is 2.25. The highest BCUT2D eigenvalue weighted by Gasteiger charge is 2.06. The van der Waals surface area contributed by atoms with Gasteiger partial charge in [-0.15, -0.1) is 0 Å². The van der Waals surface area contributed by atoms with Crippen LogP contribution in [-0.4, -0.2) is 18.4 Å². The number of rotatable bonds is 5. The molecule has 3 N–H and O–H groups in total. The zero-order chi connectivity index (χ0) is 16.8. The summed E-state index contributed by atoms with van der Waals surface area (Å²) in [4.78, 5) is 23.0. The predicted molar refractivity (Wildman–Crippen MR) is 94.3 cm³/mol. The molecule has 0 saturated carbocycles. The molecule has 0 spiro atoms. The van der Waals surface area contributed by atoms with Gasteiger partial charge in [0.15, 0.2) is 0 Å². The second-order valence-electron chi connectivity index (χ2n) is 4.79. The summed E-state index contributed by atoms with van der Waals surface area (Å²) in [5, 5.41) is 9.22. The zero-order valence-corrected chi connectivity index (χ0v) is 13.8. The number of hydrogen-bond acceptors (Lipinski definition) is 3. The van der Waals surface area contributed by atoms with E-state index in [1.807, 2.05) is 0 Å². The molecule has 0 aliphatic heterocycles. The lowest BCUT2D eigenvalue weighted by atomic mass is 10.2. The second-order valence-corrected chi connectivity index (χ2v) is 5.63. The van der Waals surface area contributed by atoms with Crippen molar-refractivity contribution >= 4 is 52.1 Å². The van der Waals surface area contributed by atoms with Gasteiger partial charge in [0.2, 0.25) is 11.8 Å². The maximum absolute atomic E-state index is 12.0. The third-order valence-corrected chi connectivity index (χ3v) is 3.39. The molecule has 0 radical (unpaired) electrons. The van der Waals surface area contributed by atoms with E-state index in [4.69, 9.17) is 23.2 Å². The van der Waals surface area contributed by atoms with Gasteiger partial charge in [-0.1, -0.05) is 29.3 Å². The van der Waals surface area contributed by atoms with Crippen molar-refractivity contribution in [2.24, 2.45) is 0 Å². The van der Waals surface area contributed by atoms with Gasteiger partial charge in [-0.3, -0.25) is 9.59 Å². The first kappa shape index (κ1) is 17.1. The normalized spacial score (nSPS) is 10.0. The topological polar surface area (TPSA) is 70.2 Å². The molecule has 5 nitrogen and oxygen atoms in total. The van der Waals surface area contributed by atoms with Crippen LogP contribution in [0.4, 0.5) is 17.1 Å². The summed E-state index contributed by atoms with van der Waals surface area (Å²) in [6.07, 6.45) is 0. The van der Waals surface area contributed by atoms with Crippen molar-refractivity contribution < 1.29 is 9.59 Å². The molecule has 0 atom stereocenters. The van der Waals surface area contributed by atoms with E-state index in [1.54, 1.807) is 42.5 Å². The third-order valence-electron chi connectivity index (χ3n) is 2.84. The fourth-order valence-electron chi connectivity index (χ4n) is 1.88. The number of halogens is 2. The summed E-state index contributed by atoms with van der Waals surface area (Å²) < 4.78 is 0. The van der Waals surface area contributed by atoms with Crippen LogP contribution in [0.3, 0.4) is 0 Å². The number of hydrogen-bond donors (Lipinski definition) is 3. The van der Waals surface area contributed by atoms with Crippen molar-refractivity contribution in [3.8, 4) is 0 Å². The molecule has 0 unspecified atom stereocenters. The number of amides is 2. The van der Waals surface area contributed by atoms with Crippen LogP contribution >= 0.6 is 23.2 Å². The monoisotopic (exact) mass is 351 g/mol. The maximum atomic E-state index is 12.0. The van der Waals surface area contributed by atoms with Gasteiger partial charge in [0, 0.05) is 23.3 Å². The molecule has 23 heavy (non-hydrogen) atoms. The summed E-state index contributed by atoms with van der Waals surface area (Å²) in [6, 6.07) is 11.9. The fourth-order valence-corrected chi connectivity index (χ4v) is 2.33. The first-order chi connectivity index (χ1) is 10.9. The minimum atomic E-state index is -0.251. The van der Waals surface area contributed by atoms with Gasteiger partial charge in [0.05, 0.1) is 17.3 Å². The molecule has 0 aliphatic carbocycles. The Kier molecular flexibility index (Phi) is 5.84. The fraction of sp³-hybridized carbons (Fsp3) is 0.125. The molecular weight excluding hydrogens is 337 g/mol. The van der Waals surface area contributed by atoms with Crippen LogP contribution in [0, 0.1) is 0 Å². The average molecular weight is 352 g/mol. The second kappa shape index (κ2) is 7.85. The van der Waals surface area contributed by atoms with Gasteiger partial charge in [-0.2, -0.15) is 0 Å². The Morgan fingerprint density at radius 1 is 1.00 bits per heavy atom. The smallest absolute Gasteiger partial charge is 0.243 e. The molecule has 2 amide bonds. The lowest BCUT2D eigenvalue weighted by Crippen LogP contribution is -2.22.